The first-order valence-corrected chi connectivity index (χ1v) is 13.6. The molecule has 0 amide bonds. The van der Waals surface area contributed by atoms with Gasteiger partial charge >= 0.3 is 0 Å². The zero-order chi connectivity index (χ0) is 27.0. The normalized spacial score (nSPS) is 25.0. The van der Waals surface area contributed by atoms with Gasteiger partial charge in [-0.15, -0.1) is 0 Å². The molecular formula is C33H40O4. The number of hydrogen-bond donors (Lipinski definition) is 0. The van der Waals surface area contributed by atoms with Crippen molar-refractivity contribution in [2.24, 2.45) is 29.6 Å². The van der Waals surface area contributed by atoms with E-state index in [1.165, 1.54) is 11.1 Å². The highest BCUT2D eigenvalue weighted by Gasteiger charge is 2.39. The quantitative estimate of drug-likeness (QED) is 0.289. The predicted octanol–water partition coefficient (Wildman–Crippen LogP) is 7.02. The molecular weight excluding hydrogens is 460 g/mol. The van der Waals surface area contributed by atoms with Gasteiger partial charge in [0.1, 0.15) is 5.75 Å². The van der Waals surface area contributed by atoms with Crippen molar-refractivity contribution < 1.29 is 19.1 Å². The van der Waals surface area contributed by atoms with E-state index >= 15 is 0 Å². The molecule has 0 saturated heterocycles. The van der Waals surface area contributed by atoms with Crippen LogP contribution >= 0.6 is 0 Å². The van der Waals surface area contributed by atoms with Crippen molar-refractivity contribution in [2.45, 2.75) is 66.7 Å². The topological polar surface area (TPSA) is 60.4 Å². The maximum atomic E-state index is 14.0. The van der Waals surface area contributed by atoms with E-state index < -0.39 is 11.6 Å². The van der Waals surface area contributed by atoms with Crippen LogP contribution in [0.25, 0.3) is 5.57 Å². The number of fused-ring (bicyclic) bond motifs is 1. The molecule has 196 valence electrons. The molecule has 4 rings (SSSR count). The van der Waals surface area contributed by atoms with Gasteiger partial charge in [-0.05, 0) is 72.8 Å². The Balaban J connectivity index is 1.59. The number of methoxy groups -OCH3 is 1. The summed E-state index contributed by atoms with van der Waals surface area (Å²) in [5, 5.41) is 0. The summed E-state index contributed by atoms with van der Waals surface area (Å²) in [6.07, 6.45) is 4.72. The summed E-state index contributed by atoms with van der Waals surface area (Å²) in [4.78, 5) is 39.5. The van der Waals surface area contributed by atoms with E-state index in [-0.39, 0.29) is 29.5 Å². The highest BCUT2D eigenvalue weighted by Crippen LogP contribution is 2.44. The van der Waals surface area contributed by atoms with Gasteiger partial charge in [-0.1, -0.05) is 70.5 Å². The zero-order valence-corrected chi connectivity index (χ0v) is 23.3. The van der Waals surface area contributed by atoms with Gasteiger partial charge in [0, 0.05) is 23.3 Å². The molecule has 4 nitrogen and oxygen atoms in total. The first kappa shape index (κ1) is 27.0. The van der Waals surface area contributed by atoms with Gasteiger partial charge in [-0.3, -0.25) is 14.4 Å². The molecule has 0 spiro atoms. The van der Waals surface area contributed by atoms with Crippen molar-refractivity contribution in [3.63, 3.8) is 0 Å². The lowest BCUT2D eigenvalue weighted by Crippen LogP contribution is -2.35. The maximum absolute atomic E-state index is 14.0. The van der Waals surface area contributed by atoms with Crippen LogP contribution in [0.1, 0.15) is 86.0 Å². The molecule has 5 atom stereocenters. The number of aryl methyl sites for hydroxylation is 1. The summed E-state index contributed by atoms with van der Waals surface area (Å²) in [7, 11) is 1.59. The first-order valence-electron chi connectivity index (χ1n) is 13.6. The summed E-state index contributed by atoms with van der Waals surface area (Å²) in [6, 6.07) is 12.5. The lowest BCUT2D eigenvalue weighted by atomic mass is 9.66. The number of ketones is 3. The van der Waals surface area contributed by atoms with Crippen LogP contribution in [0.5, 0.6) is 5.75 Å². The predicted molar refractivity (Wildman–Crippen MR) is 148 cm³/mol. The Hall–Kier alpha value is -3.01. The van der Waals surface area contributed by atoms with E-state index in [9.17, 15) is 14.4 Å². The second-order valence-corrected chi connectivity index (χ2v) is 11.7. The number of benzene rings is 2. The number of carbonyl (C=O) groups is 3. The van der Waals surface area contributed by atoms with E-state index in [2.05, 4.69) is 45.0 Å². The zero-order valence-electron chi connectivity index (χ0n) is 23.3. The Morgan fingerprint density at radius 3 is 2.27 bits per heavy atom. The van der Waals surface area contributed by atoms with E-state index in [1.54, 1.807) is 21.0 Å². The molecule has 2 aromatic carbocycles. The van der Waals surface area contributed by atoms with Gasteiger partial charge in [0.15, 0.2) is 5.78 Å². The number of rotatable bonds is 8. The highest BCUT2D eigenvalue weighted by molar-refractivity contribution is 6.54. The Morgan fingerprint density at radius 2 is 1.65 bits per heavy atom. The molecule has 0 radical (unpaired) electrons. The Kier molecular flexibility index (Phi) is 7.87. The minimum atomic E-state index is -0.470. The lowest BCUT2D eigenvalue weighted by Gasteiger charge is -2.38. The molecule has 2 aromatic rings. The molecule has 4 unspecified atom stereocenters. The van der Waals surface area contributed by atoms with Crippen molar-refractivity contribution in [1.82, 2.24) is 0 Å². The van der Waals surface area contributed by atoms with Gasteiger partial charge in [-0.2, -0.15) is 0 Å². The van der Waals surface area contributed by atoms with Gasteiger partial charge in [0.2, 0.25) is 11.6 Å². The molecule has 1 saturated carbocycles. The largest absolute Gasteiger partial charge is 0.496 e. The third kappa shape index (κ3) is 5.35. The van der Waals surface area contributed by atoms with Crippen LogP contribution in [0.15, 0.2) is 42.5 Å². The van der Waals surface area contributed by atoms with Gasteiger partial charge in [0.25, 0.3) is 0 Å². The number of carbonyl (C=O) groups excluding carboxylic acids is 3. The molecule has 1 fully saturated rings. The fraction of sp³-hybridized carbons (Fsp3) is 0.485. The summed E-state index contributed by atoms with van der Waals surface area (Å²) in [5.74, 6) is 0.473. The number of Topliss-reactive ketones (excluding diaryl/α,β-unsaturated/α-hetero) is 3. The summed E-state index contributed by atoms with van der Waals surface area (Å²) in [6.45, 7) is 12.0. The standard InChI is InChI=1S/C33H40O4/c1-18(2)31(34)33(36)28-14-22(6)25-17-30(37-7)29(16-27(25)28)32(35)26-13-20(4)24(12-21(26)5)15-23-10-8-19(3)9-11-23/h8-11,14,16-18,20-22,24,26H,12-13,15H2,1-7H3/t20?,21-,22?,24?,26?/m1/s1. The third-order valence-electron chi connectivity index (χ3n) is 8.57. The smallest absolute Gasteiger partial charge is 0.229 e. The Morgan fingerprint density at radius 1 is 0.973 bits per heavy atom. The summed E-state index contributed by atoms with van der Waals surface area (Å²) < 4.78 is 5.69. The minimum Gasteiger partial charge on any atom is -0.496 e. The van der Waals surface area contributed by atoms with E-state index in [1.807, 2.05) is 25.1 Å². The Bertz CT molecular complexity index is 1230. The minimum absolute atomic E-state index is 0.0249. The SMILES string of the molecule is COc1cc2c(cc1C(=O)C1CC(C)C(Cc3ccc(C)cc3)C[C@H]1C)C(C(=O)C(=O)C(C)C)=CC2C. The van der Waals surface area contributed by atoms with Crippen LogP contribution in [0.4, 0.5) is 0 Å². The molecule has 37 heavy (non-hydrogen) atoms. The molecule has 0 bridgehead atoms. The molecule has 0 aromatic heterocycles. The van der Waals surface area contributed by atoms with Crippen LogP contribution < -0.4 is 4.74 Å². The third-order valence-corrected chi connectivity index (χ3v) is 8.57. The van der Waals surface area contributed by atoms with Crippen molar-refractivity contribution >= 4 is 22.9 Å². The van der Waals surface area contributed by atoms with Crippen LogP contribution in [0.2, 0.25) is 0 Å². The molecule has 2 aliphatic rings. The lowest BCUT2D eigenvalue weighted by molar-refractivity contribution is -0.135. The maximum Gasteiger partial charge on any atom is 0.229 e. The monoisotopic (exact) mass is 500 g/mol. The highest BCUT2D eigenvalue weighted by atomic mass is 16.5. The van der Waals surface area contributed by atoms with Crippen molar-refractivity contribution in [2.75, 3.05) is 7.11 Å². The van der Waals surface area contributed by atoms with Crippen molar-refractivity contribution in [3.05, 3.63) is 70.3 Å². The van der Waals surface area contributed by atoms with Gasteiger partial charge < -0.3 is 4.74 Å². The van der Waals surface area contributed by atoms with Gasteiger partial charge in [0.05, 0.1) is 12.7 Å². The van der Waals surface area contributed by atoms with Crippen molar-refractivity contribution in [3.8, 4) is 5.75 Å². The summed E-state index contributed by atoms with van der Waals surface area (Å²) in [5.41, 5.74) is 5.19. The van der Waals surface area contributed by atoms with E-state index in [0.717, 1.165) is 24.8 Å². The average molecular weight is 501 g/mol. The molecule has 0 heterocycles. The van der Waals surface area contributed by atoms with Crippen LogP contribution in [0, 0.1) is 36.5 Å². The second kappa shape index (κ2) is 10.8. The Labute approximate surface area is 221 Å². The second-order valence-electron chi connectivity index (χ2n) is 11.7. The van der Waals surface area contributed by atoms with E-state index in [4.69, 9.17) is 4.74 Å². The number of allylic oxidation sites excluding steroid dienone is 2. The molecule has 2 aliphatic carbocycles. The number of ether oxygens (including phenoxy) is 1. The molecule has 0 N–H and O–H groups in total. The average Bonchev–Trinajstić information content (AvgIpc) is 3.20. The first-order chi connectivity index (χ1) is 17.5. The van der Waals surface area contributed by atoms with E-state index in [0.29, 0.717) is 34.3 Å². The van der Waals surface area contributed by atoms with Gasteiger partial charge in [-0.25, -0.2) is 0 Å². The fourth-order valence-corrected chi connectivity index (χ4v) is 6.17. The number of hydrogen-bond acceptors (Lipinski definition) is 4. The van der Waals surface area contributed by atoms with Crippen LogP contribution in [-0.4, -0.2) is 24.5 Å². The van der Waals surface area contributed by atoms with Crippen molar-refractivity contribution in [1.29, 1.82) is 0 Å². The van der Waals surface area contributed by atoms with Crippen LogP contribution in [0.3, 0.4) is 0 Å². The fourth-order valence-electron chi connectivity index (χ4n) is 6.17. The van der Waals surface area contributed by atoms with Crippen LogP contribution in [-0.2, 0) is 16.0 Å². The molecule has 0 aliphatic heterocycles. The summed E-state index contributed by atoms with van der Waals surface area (Å²) >= 11 is 0. The molecule has 4 heteroatoms.